The maximum Gasteiger partial charge on any atom is 0.254 e. The molecule has 0 aliphatic rings. The molecule has 0 aliphatic carbocycles. The van der Waals surface area contributed by atoms with Gasteiger partial charge in [0.15, 0.2) is 0 Å². The average Bonchev–Trinajstić information content (AvgIpc) is 2.83. The molecule has 5 nitrogen and oxygen atoms in total. The van der Waals surface area contributed by atoms with Crippen LogP contribution in [-0.2, 0) is 23.1 Å². The molecular weight excluding hydrogens is 420 g/mol. The van der Waals surface area contributed by atoms with Crippen LogP contribution in [-0.4, -0.2) is 36.6 Å². The summed E-state index contributed by atoms with van der Waals surface area (Å²) in [7, 11) is -3.65. The van der Waals surface area contributed by atoms with Gasteiger partial charge in [0.2, 0.25) is 10.0 Å². The van der Waals surface area contributed by atoms with Crippen LogP contribution in [0.1, 0.15) is 28.4 Å². The van der Waals surface area contributed by atoms with E-state index >= 15 is 0 Å². The summed E-state index contributed by atoms with van der Waals surface area (Å²) in [5.74, 6) is -0.0530. The summed E-state index contributed by atoms with van der Waals surface area (Å²) in [6, 6.07) is 25.3. The van der Waals surface area contributed by atoms with Crippen LogP contribution < -0.4 is 0 Å². The fourth-order valence-electron chi connectivity index (χ4n) is 3.40. The molecule has 0 bridgehead atoms. The van der Waals surface area contributed by atoms with Crippen molar-refractivity contribution < 1.29 is 13.2 Å². The van der Waals surface area contributed by atoms with Crippen molar-refractivity contribution in [3.8, 4) is 0 Å². The molecule has 0 aromatic heterocycles. The highest BCUT2D eigenvalue weighted by Gasteiger charge is 2.23. The Morgan fingerprint density at radius 2 is 1.41 bits per heavy atom. The van der Waals surface area contributed by atoms with Crippen LogP contribution in [0.15, 0.2) is 102 Å². The van der Waals surface area contributed by atoms with E-state index in [2.05, 4.69) is 6.58 Å². The first kappa shape index (κ1) is 23.4. The molecule has 0 atom stereocenters. The number of sulfonamides is 1. The van der Waals surface area contributed by atoms with E-state index in [0.717, 1.165) is 11.1 Å². The van der Waals surface area contributed by atoms with Gasteiger partial charge in [-0.2, -0.15) is 4.31 Å². The SMILES string of the molecule is C=CCN(Cc1ccc(C(=O)N(CC)Cc2ccccc2)cc1)S(=O)(=O)c1ccccc1. The third-order valence-corrected chi connectivity index (χ3v) is 6.98. The third kappa shape index (κ3) is 5.72. The number of carbonyl (C=O) groups is 1. The summed E-state index contributed by atoms with van der Waals surface area (Å²) in [4.78, 5) is 15.0. The van der Waals surface area contributed by atoms with Gasteiger partial charge in [-0.1, -0.05) is 66.7 Å². The van der Waals surface area contributed by atoms with Gasteiger partial charge in [-0.05, 0) is 42.3 Å². The fourth-order valence-corrected chi connectivity index (χ4v) is 4.82. The van der Waals surface area contributed by atoms with E-state index in [-0.39, 0.29) is 23.9 Å². The summed E-state index contributed by atoms with van der Waals surface area (Å²) < 4.78 is 27.4. The first-order valence-electron chi connectivity index (χ1n) is 10.5. The quantitative estimate of drug-likeness (QED) is 0.422. The van der Waals surface area contributed by atoms with Crippen molar-refractivity contribution in [1.29, 1.82) is 0 Å². The third-order valence-electron chi connectivity index (χ3n) is 5.16. The molecular formula is C26H28N2O3S. The van der Waals surface area contributed by atoms with Crippen LogP contribution in [0.3, 0.4) is 0 Å². The lowest BCUT2D eigenvalue weighted by Crippen LogP contribution is -2.31. The Bertz CT molecular complexity index is 1130. The van der Waals surface area contributed by atoms with Crippen molar-refractivity contribution in [2.75, 3.05) is 13.1 Å². The van der Waals surface area contributed by atoms with Gasteiger partial charge in [-0.15, -0.1) is 6.58 Å². The van der Waals surface area contributed by atoms with Gasteiger partial charge in [-0.25, -0.2) is 8.42 Å². The molecule has 0 N–H and O–H groups in total. The molecule has 0 saturated carbocycles. The van der Waals surface area contributed by atoms with Gasteiger partial charge in [0, 0.05) is 31.7 Å². The van der Waals surface area contributed by atoms with Crippen molar-refractivity contribution in [3.05, 3.63) is 114 Å². The fraction of sp³-hybridized carbons (Fsp3) is 0.192. The minimum absolute atomic E-state index is 0.0530. The summed E-state index contributed by atoms with van der Waals surface area (Å²) in [6.07, 6.45) is 1.57. The normalized spacial score (nSPS) is 11.3. The lowest BCUT2D eigenvalue weighted by atomic mass is 10.1. The van der Waals surface area contributed by atoms with E-state index in [1.54, 1.807) is 65.6 Å². The number of rotatable bonds is 10. The molecule has 6 heteroatoms. The zero-order valence-electron chi connectivity index (χ0n) is 18.2. The Morgan fingerprint density at radius 1 is 0.844 bits per heavy atom. The highest BCUT2D eigenvalue weighted by Crippen LogP contribution is 2.19. The van der Waals surface area contributed by atoms with Crippen LogP contribution in [0, 0.1) is 0 Å². The molecule has 166 valence electrons. The van der Waals surface area contributed by atoms with Gasteiger partial charge in [0.1, 0.15) is 0 Å². The van der Waals surface area contributed by atoms with Gasteiger partial charge in [-0.3, -0.25) is 4.79 Å². The Hall–Kier alpha value is -3.22. The van der Waals surface area contributed by atoms with Crippen molar-refractivity contribution in [1.82, 2.24) is 9.21 Å². The standard InChI is InChI=1S/C26H28N2O3S/c1-3-19-28(32(30,31)25-13-9-6-10-14-25)21-23-15-17-24(18-16-23)26(29)27(4-2)20-22-11-7-5-8-12-22/h3,5-18H,1,4,19-21H2,2H3. The molecule has 0 unspecified atom stereocenters. The zero-order chi connectivity index (χ0) is 23.0. The van der Waals surface area contributed by atoms with E-state index in [0.29, 0.717) is 18.7 Å². The maximum atomic E-state index is 13.0. The number of amides is 1. The first-order valence-corrected chi connectivity index (χ1v) is 12.0. The largest absolute Gasteiger partial charge is 0.335 e. The lowest BCUT2D eigenvalue weighted by Gasteiger charge is -2.22. The molecule has 0 fully saturated rings. The zero-order valence-corrected chi connectivity index (χ0v) is 19.0. The number of hydrogen-bond acceptors (Lipinski definition) is 3. The average molecular weight is 449 g/mol. The van der Waals surface area contributed by atoms with E-state index in [4.69, 9.17) is 0 Å². The van der Waals surface area contributed by atoms with Crippen LogP contribution in [0.4, 0.5) is 0 Å². The van der Waals surface area contributed by atoms with Crippen molar-refractivity contribution in [2.45, 2.75) is 24.9 Å². The molecule has 3 rings (SSSR count). The Kier molecular flexibility index (Phi) is 7.98. The summed E-state index contributed by atoms with van der Waals surface area (Å²) in [5.41, 5.74) is 2.45. The molecule has 0 radical (unpaired) electrons. The molecule has 32 heavy (non-hydrogen) atoms. The van der Waals surface area contributed by atoms with Gasteiger partial charge >= 0.3 is 0 Å². The second-order valence-corrected chi connectivity index (χ2v) is 9.34. The first-order chi connectivity index (χ1) is 15.5. The number of hydrogen-bond donors (Lipinski definition) is 0. The van der Waals surface area contributed by atoms with Crippen LogP contribution in [0.2, 0.25) is 0 Å². The van der Waals surface area contributed by atoms with Gasteiger partial charge < -0.3 is 4.90 Å². The molecule has 0 saturated heterocycles. The van der Waals surface area contributed by atoms with E-state index in [1.807, 2.05) is 37.3 Å². The van der Waals surface area contributed by atoms with Crippen molar-refractivity contribution >= 4 is 15.9 Å². The number of carbonyl (C=O) groups excluding carboxylic acids is 1. The molecule has 0 heterocycles. The van der Waals surface area contributed by atoms with Crippen LogP contribution >= 0.6 is 0 Å². The van der Waals surface area contributed by atoms with Crippen LogP contribution in [0.25, 0.3) is 0 Å². The highest BCUT2D eigenvalue weighted by atomic mass is 32.2. The molecule has 3 aromatic rings. The molecule has 0 aliphatic heterocycles. The van der Waals surface area contributed by atoms with E-state index in [1.165, 1.54) is 4.31 Å². The summed E-state index contributed by atoms with van der Waals surface area (Å²) >= 11 is 0. The minimum Gasteiger partial charge on any atom is -0.335 e. The van der Waals surface area contributed by atoms with Gasteiger partial charge in [0.05, 0.1) is 4.90 Å². The molecule has 3 aromatic carbocycles. The van der Waals surface area contributed by atoms with Crippen molar-refractivity contribution in [2.24, 2.45) is 0 Å². The highest BCUT2D eigenvalue weighted by molar-refractivity contribution is 7.89. The lowest BCUT2D eigenvalue weighted by molar-refractivity contribution is 0.0752. The summed E-state index contributed by atoms with van der Waals surface area (Å²) in [6.45, 7) is 7.17. The predicted molar refractivity (Wildman–Crippen MR) is 128 cm³/mol. The number of benzene rings is 3. The molecule has 1 amide bonds. The van der Waals surface area contributed by atoms with E-state index < -0.39 is 10.0 Å². The van der Waals surface area contributed by atoms with Crippen molar-refractivity contribution in [3.63, 3.8) is 0 Å². The topological polar surface area (TPSA) is 57.7 Å². The monoisotopic (exact) mass is 448 g/mol. The Labute approximate surface area is 190 Å². The molecule has 0 spiro atoms. The number of nitrogens with zero attached hydrogens (tertiary/aromatic N) is 2. The summed E-state index contributed by atoms with van der Waals surface area (Å²) in [5, 5.41) is 0. The Morgan fingerprint density at radius 3 is 1.97 bits per heavy atom. The van der Waals surface area contributed by atoms with Gasteiger partial charge in [0.25, 0.3) is 5.91 Å². The Balaban J connectivity index is 1.74. The van der Waals surface area contributed by atoms with E-state index in [9.17, 15) is 13.2 Å². The predicted octanol–water partition coefficient (Wildman–Crippen LogP) is 4.73. The van der Waals surface area contributed by atoms with Crippen LogP contribution in [0.5, 0.6) is 0 Å². The second-order valence-electron chi connectivity index (χ2n) is 7.40. The smallest absolute Gasteiger partial charge is 0.254 e. The second kappa shape index (κ2) is 10.9. The maximum absolute atomic E-state index is 13.0. The minimum atomic E-state index is -3.65.